The first-order valence-corrected chi connectivity index (χ1v) is 10.9. The summed E-state index contributed by atoms with van der Waals surface area (Å²) in [5, 5.41) is 0. The number of anilines is 2. The molecule has 0 bridgehead atoms. The van der Waals surface area contributed by atoms with Gasteiger partial charge in [0.15, 0.2) is 0 Å². The molecule has 2 aliphatic rings. The molecule has 3 aromatic rings. The molecule has 0 N–H and O–H groups in total. The summed E-state index contributed by atoms with van der Waals surface area (Å²) in [7, 11) is 0. The van der Waals surface area contributed by atoms with Crippen LogP contribution in [-0.4, -0.2) is 42.9 Å². The first-order chi connectivity index (χ1) is 15.6. The van der Waals surface area contributed by atoms with Gasteiger partial charge in [-0.25, -0.2) is 4.90 Å². The van der Waals surface area contributed by atoms with E-state index in [1.54, 1.807) is 0 Å². The van der Waals surface area contributed by atoms with Crippen LogP contribution in [0.4, 0.5) is 11.4 Å². The molecule has 5 nitrogen and oxygen atoms in total. The van der Waals surface area contributed by atoms with Gasteiger partial charge in [-0.2, -0.15) is 0 Å². The Morgan fingerprint density at radius 2 is 1.22 bits per heavy atom. The molecular formula is C27H25N3O2. The Morgan fingerprint density at radius 3 is 1.88 bits per heavy atom. The van der Waals surface area contributed by atoms with Crippen LogP contribution in [0.2, 0.25) is 0 Å². The van der Waals surface area contributed by atoms with E-state index in [9.17, 15) is 9.59 Å². The van der Waals surface area contributed by atoms with E-state index in [4.69, 9.17) is 0 Å². The third-order valence-electron chi connectivity index (χ3n) is 6.10. The minimum atomic E-state index is -0.257. The Morgan fingerprint density at radius 1 is 0.625 bits per heavy atom. The zero-order valence-corrected chi connectivity index (χ0v) is 18.1. The Balaban J connectivity index is 1.50. The van der Waals surface area contributed by atoms with Crippen LogP contribution in [-0.2, 0) is 9.59 Å². The highest BCUT2D eigenvalue weighted by Crippen LogP contribution is 2.35. The van der Waals surface area contributed by atoms with Crippen molar-refractivity contribution in [3.05, 3.63) is 102 Å². The van der Waals surface area contributed by atoms with Gasteiger partial charge in [0.25, 0.3) is 11.8 Å². The van der Waals surface area contributed by atoms with Crippen LogP contribution in [0.15, 0.2) is 90.6 Å². The van der Waals surface area contributed by atoms with Crippen LogP contribution < -0.4 is 9.80 Å². The van der Waals surface area contributed by atoms with Crippen molar-refractivity contribution in [2.75, 3.05) is 36.0 Å². The zero-order chi connectivity index (χ0) is 22.1. The zero-order valence-electron chi connectivity index (χ0n) is 18.1. The molecule has 0 saturated carbocycles. The largest absolute Gasteiger partial charge is 0.368 e. The number of piperazine rings is 1. The van der Waals surface area contributed by atoms with Gasteiger partial charge in [-0.3, -0.25) is 9.59 Å². The molecule has 0 aromatic heterocycles. The minimum Gasteiger partial charge on any atom is -0.368 e. The van der Waals surface area contributed by atoms with E-state index in [0.717, 1.165) is 24.2 Å². The van der Waals surface area contributed by atoms with Crippen LogP contribution in [0.1, 0.15) is 11.1 Å². The van der Waals surface area contributed by atoms with Gasteiger partial charge in [-0.15, -0.1) is 0 Å². The van der Waals surface area contributed by atoms with Gasteiger partial charge in [0.2, 0.25) is 0 Å². The number of hydrogen-bond acceptors (Lipinski definition) is 4. The maximum atomic E-state index is 13.7. The number of aryl methyl sites for hydroxylation is 1. The molecule has 0 radical (unpaired) electrons. The monoisotopic (exact) mass is 423 g/mol. The van der Waals surface area contributed by atoms with Crippen LogP contribution >= 0.6 is 0 Å². The van der Waals surface area contributed by atoms with E-state index < -0.39 is 0 Å². The predicted octanol–water partition coefficient (Wildman–Crippen LogP) is 4.10. The molecule has 160 valence electrons. The second kappa shape index (κ2) is 8.35. The Labute approximate surface area is 188 Å². The lowest BCUT2D eigenvalue weighted by Crippen LogP contribution is -2.47. The second-order valence-corrected chi connectivity index (χ2v) is 8.18. The quantitative estimate of drug-likeness (QED) is 0.593. The minimum absolute atomic E-state index is 0.243. The topological polar surface area (TPSA) is 43.9 Å². The van der Waals surface area contributed by atoms with E-state index >= 15 is 0 Å². The molecular weight excluding hydrogens is 398 g/mol. The van der Waals surface area contributed by atoms with Gasteiger partial charge < -0.3 is 9.80 Å². The predicted molar refractivity (Wildman–Crippen MR) is 127 cm³/mol. The Bertz CT molecular complexity index is 1180. The smallest absolute Gasteiger partial charge is 0.282 e. The summed E-state index contributed by atoms with van der Waals surface area (Å²) >= 11 is 0. The van der Waals surface area contributed by atoms with Crippen LogP contribution in [0.3, 0.4) is 0 Å². The SMILES string of the molecule is Cc1cccc(N2C(=O)C(c3ccccc3)=C(N3CCN(c4ccccc4)CC3)C2=O)c1. The highest BCUT2D eigenvalue weighted by molar-refractivity contribution is 6.45. The number of para-hydroxylation sites is 1. The fraction of sp³-hybridized carbons (Fsp3) is 0.185. The highest BCUT2D eigenvalue weighted by atomic mass is 16.2. The normalized spacial score (nSPS) is 16.8. The number of imide groups is 1. The van der Waals surface area contributed by atoms with Crippen molar-refractivity contribution in [3.63, 3.8) is 0 Å². The van der Waals surface area contributed by atoms with Crippen molar-refractivity contribution in [2.24, 2.45) is 0 Å². The number of carbonyl (C=O) groups excluding carboxylic acids is 2. The molecule has 2 heterocycles. The van der Waals surface area contributed by atoms with Crippen LogP contribution in [0.5, 0.6) is 0 Å². The summed E-state index contributed by atoms with van der Waals surface area (Å²) in [5.74, 6) is -0.500. The lowest BCUT2D eigenvalue weighted by molar-refractivity contribution is -0.120. The molecule has 0 unspecified atom stereocenters. The van der Waals surface area contributed by atoms with E-state index in [1.807, 2.05) is 79.7 Å². The number of hydrogen-bond donors (Lipinski definition) is 0. The van der Waals surface area contributed by atoms with E-state index in [-0.39, 0.29) is 11.8 Å². The molecule has 5 rings (SSSR count). The molecule has 3 aromatic carbocycles. The fourth-order valence-electron chi connectivity index (χ4n) is 4.51. The third kappa shape index (κ3) is 3.56. The van der Waals surface area contributed by atoms with Crippen LogP contribution in [0, 0.1) is 6.92 Å². The first kappa shape index (κ1) is 20.1. The van der Waals surface area contributed by atoms with Gasteiger partial charge in [0.05, 0.1) is 11.3 Å². The van der Waals surface area contributed by atoms with Crippen LogP contribution in [0.25, 0.3) is 5.57 Å². The Hall–Kier alpha value is -3.86. The average molecular weight is 424 g/mol. The van der Waals surface area contributed by atoms with Crippen molar-refractivity contribution in [1.29, 1.82) is 0 Å². The number of rotatable bonds is 4. The molecule has 0 aliphatic carbocycles. The van der Waals surface area contributed by atoms with Gasteiger partial charge in [-0.1, -0.05) is 60.7 Å². The van der Waals surface area contributed by atoms with Crippen molar-refractivity contribution in [1.82, 2.24) is 4.90 Å². The summed E-state index contributed by atoms with van der Waals surface area (Å²) in [6.45, 7) is 4.91. The summed E-state index contributed by atoms with van der Waals surface area (Å²) in [6, 6.07) is 27.4. The molecule has 0 atom stereocenters. The Kier molecular flexibility index (Phi) is 5.23. The lowest BCUT2D eigenvalue weighted by atomic mass is 10.0. The van der Waals surface area contributed by atoms with E-state index in [0.29, 0.717) is 30.0 Å². The van der Waals surface area contributed by atoms with Crippen molar-refractivity contribution in [2.45, 2.75) is 6.92 Å². The molecule has 2 amide bonds. The number of carbonyl (C=O) groups is 2. The lowest BCUT2D eigenvalue weighted by Gasteiger charge is -2.37. The molecule has 5 heteroatoms. The summed E-state index contributed by atoms with van der Waals surface area (Å²) in [6.07, 6.45) is 0. The van der Waals surface area contributed by atoms with E-state index in [1.165, 1.54) is 10.6 Å². The maximum Gasteiger partial charge on any atom is 0.282 e. The van der Waals surface area contributed by atoms with Gasteiger partial charge in [-0.05, 0) is 42.3 Å². The first-order valence-electron chi connectivity index (χ1n) is 10.9. The van der Waals surface area contributed by atoms with Gasteiger partial charge in [0, 0.05) is 31.9 Å². The number of amides is 2. The maximum absolute atomic E-state index is 13.7. The number of benzene rings is 3. The summed E-state index contributed by atoms with van der Waals surface area (Å²) in [4.78, 5) is 33.0. The molecule has 2 aliphatic heterocycles. The second-order valence-electron chi connectivity index (χ2n) is 8.18. The van der Waals surface area contributed by atoms with E-state index in [2.05, 4.69) is 21.9 Å². The average Bonchev–Trinajstić information content (AvgIpc) is 3.10. The third-order valence-corrected chi connectivity index (χ3v) is 6.10. The molecule has 0 spiro atoms. The molecule has 1 saturated heterocycles. The molecule has 1 fully saturated rings. The van der Waals surface area contributed by atoms with Gasteiger partial charge >= 0.3 is 0 Å². The summed E-state index contributed by atoms with van der Waals surface area (Å²) in [5.41, 5.74) is 4.59. The standard InChI is InChI=1S/C27H25N3O2/c1-20-9-8-14-23(19-20)30-26(31)24(21-10-4-2-5-11-21)25(27(30)32)29-17-15-28(16-18-29)22-12-6-3-7-13-22/h2-14,19H,15-18H2,1H3. The van der Waals surface area contributed by atoms with Crippen molar-refractivity contribution in [3.8, 4) is 0 Å². The summed E-state index contributed by atoms with van der Waals surface area (Å²) < 4.78 is 0. The van der Waals surface area contributed by atoms with Gasteiger partial charge in [0.1, 0.15) is 5.70 Å². The van der Waals surface area contributed by atoms with Crippen molar-refractivity contribution < 1.29 is 9.59 Å². The molecule has 32 heavy (non-hydrogen) atoms. The fourth-order valence-corrected chi connectivity index (χ4v) is 4.51. The highest BCUT2D eigenvalue weighted by Gasteiger charge is 2.43. The van der Waals surface area contributed by atoms with Crippen molar-refractivity contribution >= 4 is 28.8 Å². The number of nitrogens with zero attached hydrogens (tertiary/aromatic N) is 3.